The number of rotatable bonds is 6. The first-order valence-electron chi connectivity index (χ1n) is 8.19. The van der Waals surface area contributed by atoms with Crippen LogP contribution < -0.4 is 16.2 Å². The fourth-order valence-corrected chi connectivity index (χ4v) is 2.86. The SMILES string of the molecule is Cc1cc(Cl)ccc1Nc1ncnc(NNC(=O)c2cccc(Cl)c2)c1[N+](=O)[O-]. The predicted octanol–water partition coefficient (Wildman–Crippen LogP) is 4.50. The third-order valence-electron chi connectivity index (χ3n) is 3.83. The van der Waals surface area contributed by atoms with E-state index in [1.165, 1.54) is 6.07 Å². The molecule has 11 heteroatoms. The molecule has 0 aliphatic heterocycles. The number of aryl methyl sites for hydroxylation is 1. The molecule has 29 heavy (non-hydrogen) atoms. The van der Waals surface area contributed by atoms with E-state index in [9.17, 15) is 14.9 Å². The number of benzene rings is 2. The Hall–Kier alpha value is -3.43. The van der Waals surface area contributed by atoms with Crippen LogP contribution in [0.15, 0.2) is 48.8 Å². The summed E-state index contributed by atoms with van der Waals surface area (Å²) in [5, 5.41) is 15.4. The van der Waals surface area contributed by atoms with E-state index in [4.69, 9.17) is 23.2 Å². The van der Waals surface area contributed by atoms with E-state index in [0.717, 1.165) is 11.9 Å². The molecule has 1 aromatic heterocycles. The van der Waals surface area contributed by atoms with Gasteiger partial charge in [-0.25, -0.2) is 9.97 Å². The average molecular weight is 433 g/mol. The molecule has 0 spiro atoms. The maximum Gasteiger partial charge on any atom is 0.355 e. The van der Waals surface area contributed by atoms with Crippen LogP contribution in [0.2, 0.25) is 10.0 Å². The van der Waals surface area contributed by atoms with Gasteiger partial charge in [-0.1, -0.05) is 29.3 Å². The average Bonchev–Trinajstić information content (AvgIpc) is 2.68. The van der Waals surface area contributed by atoms with Crippen LogP contribution >= 0.6 is 23.2 Å². The number of carbonyl (C=O) groups is 1. The second-order valence-corrected chi connectivity index (χ2v) is 6.72. The van der Waals surface area contributed by atoms with Crippen LogP contribution in [-0.4, -0.2) is 20.8 Å². The second kappa shape index (κ2) is 8.72. The highest BCUT2D eigenvalue weighted by Gasteiger charge is 2.24. The number of nitro groups is 1. The molecule has 0 unspecified atom stereocenters. The number of nitrogens with zero attached hydrogens (tertiary/aromatic N) is 3. The maximum atomic E-state index is 12.2. The van der Waals surface area contributed by atoms with E-state index in [0.29, 0.717) is 15.7 Å². The molecule has 0 bridgehead atoms. The van der Waals surface area contributed by atoms with E-state index in [2.05, 4.69) is 26.1 Å². The van der Waals surface area contributed by atoms with Gasteiger partial charge in [-0.15, -0.1) is 0 Å². The number of carbonyl (C=O) groups excluding carboxylic acids is 1. The second-order valence-electron chi connectivity index (χ2n) is 5.85. The van der Waals surface area contributed by atoms with Crippen LogP contribution in [0, 0.1) is 17.0 Å². The monoisotopic (exact) mass is 432 g/mol. The topological polar surface area (TPSA) is 122 Å². The van der Waals surface area contributed by atoms with Gasteiger partial charge in [0.15, 0.2) is 0 Å². The number of hydrogen-bond acceptors (Lipinski definition) is 7. The zero-order valence-electron chi connectivity index (χ0n) is 14.9. The predicted molar refractivity (Wildman–Crippen MR) is 111 cm³/mol. The Morgan fingerprint density at radius 2 is 1.79 bits per heavy atom. The minimum atomic E-state index is -0.651. The van der Waals surface area contributed by atoms with Gasteiger partial charge >= 0.3 is 5.69 Å². The molecular weight excluding hydrogens is 419 g/mol. The van der Waals surface area contributed by atoms with Crippen molar-refractivity contribution in [2.24, 2.45) is 0 Å². The summed E-state index contributed by atoms with van der Waals surface area (Å²) in [6.45, 7) is 1.80. The van der Waals surface area contributed by atoms with Crippen molar-refractivity contribution in [2.45, 2.75) is 6.92 Å². The molecule has 1 heterocycles. The van der Waals surface area contributed by atoms with Crippen molar-refractivity contribution in [3.05, 3.63) is 80.1 Å². The first-order chi connectivity index (χ1) is 13.8. The lowest BCUT2D eigenvalue weighted by Crippen LogP contribution is -2.30. The van der Waals surface area contributed by atoms with Gasteiger partial charge in [0, 0.05) is 21.3 Å². The number of anilines is 3. The third-order valence-corrected chi connectivity index (χ3v) is 4.30. The lowest BCUT2D eigenvalue weighted by Gasteiger charge is -2.12. The highest BCUT2D eigenvalue weighted by atomic mass is 35.5. The van der Waals surface area contributed by atoms with Crippen LogP contribution in [0.25, 0.3) is 0 Å². The van der Waals surface area contributed by atoms with Gasteiger partial charge in [-0.2, -0.15) is 0 Å². The smallest absolute Gasteiger partial charge is 0.334 e. The summed E-state index contributed by atoms with van der Waals surface area (Å²) in [5.41, 5.74) is 6.02. The molecule has 0 aliphatic carbocycles. The Morgan fingerprint density at radius 1 is 1.07 bits per heavy atom. The molecule has 0 atom stereocenters. The van der Waals surface area contributed by atoms with Gasteiger partial charge in [-0.05, 0) is 48.9 Å². The Bertz CT molecular complexity index is 1090. The number of aromatic nitrogens is 2. The lowest BCUT2D eigenvalue weighted by molar-refractivity contribution is -0.383. The maximum absolute atomic E-state index is 12.2. The van der Waals surface area contributed by atoms with Gasteiger partial charge in [-0.3, -0.25) is 25.8 Å². The van der Waals surface area contributed by atoms with Gasteiger partial charge in [0.25, 0.3) is 5.91 Å². The molecule has 0 saturated heterocycles. The van der Waals surface area contributed by atoms with Crippen molar-refractivity contribution in [2.75, 3.05) is 10.7 Å². The van der Waals surface area contributed by atoms with Crippen molar-refractivity contribution in [1.29, 1.82) is 0 Å². The van der Waals surface area contributed by atoms with Crippen LogP contribution in [-0.2, 0) is 0 Å². The molecule has 2 aromatic carbocycles. The highest BCUT2D eigenvalue weighted by Crippen LogP contribution is 2.32. The molecule has 3 rings (SSSR count). The van der Waals surface area contributed by atoms with Crippen LogP contribution in [0.4, 0.5) is 23.0 Å². The summed E-state index contributed by atoms with van der Waals surface area (Å²) >= 11 is 11.8. The molecule has 0 saturated carbocycles. The molecule has 3 aromatic rings. The van der Waals surface area contributed by atoms with E-state index >= 15 is 0 Å². The normalized spacial score (nSPS) is 10.3. The number of hydrazine groups is 1. The zero-order valence-corrected chi connectivity index (χ0v) is 16.5. The summed E-state index contributed by atoms with van der Waals surface area (Å²) in [7, 11) is 0. The van der Waals surface area contributed by atoms with Crippen molar-refractivity contribution < 1.29 is 9.72 Å². The number of halogens is 2. The lowest BCUT2D eigenvalue weighted by atomic mass is 10.2. The van der Waals surface area contributed by atoms with Crippen LogP contribution in [0.5, 0.6) is 0 Å². The highest BCUT2D eigenvalue weighted by molar-refractivity contribution is 6.31. The largest absolute Gasteiger partial charge is 0.355 e. The van der Waals surface area contributed by atoms with Crippen molar-refractivity contribution in [3.63, 3.8) is 0 Å². The Labute approximate surface area is 175 Å². The first kappa shape index (κ1) is 20.3. The fraction of sp³-hybridized carbons (Fsp3) is 0.0556. The van der Waals surface area contributed by atoms with E-state index in [-0.39, 0.29) is 17.2 Å². The van der Waals surface area contributed by atoms with Gasteiger partial charge in [0.2, 0.25) is 11.6 Å². The fourth-order valence-electron chi connectivity index (χ4n) is 2.45. The molecule has 3 N–H and O–H groups in total. The van der Waals surface area contributed by atoms with Gasteiger partial charge < -0.3 is 5.32 Å². The van der Waals surface area contributed by atoms with Crippen molar-refractivity contribution in [3.8, 4) is 0 Å². The number of hydrogen-bond donors (Lipinski definition) is 3. The molecule has 0 radical (unpaired) electrons. The van der Waals surface area contributed by atoms with E-state index in [1.807, 2.05) is 0 Å². The van der Waals surface area contributed by atoms with Crippen molar-refractivity contribution >= 4 is 52.1 Å². The van der Waals surface area contributed by atoms with Crippen LogP contribution in [0.1, 0.15) is 15.9 Å². The Morgan fingerprint density at radius 3 is 2.48 bits per heavy atom. The summed E-state index contributed by atoms with van der Waals surface area (Å²) in [5.74, 6) is -0.770. The molecule has 148 valence electrons. The van der Waals surface area contributed by atoms with E-state index in [1.54, 1.807) is 43.3 Å². The summed E-state index contributed by atoms with van der Waals surface area (Å²) in [4.78, 5) is 31.0. The molecular formula is C18H14Cl2N6O3. The standard InChI is InChI=1S/C18H14Cl2N6O3/c1-10-7-13(20)5-6-14(10)23-16-15(26(28)29)17(22-9-21-16)24-25-18(27)11-3-2-4-12(19)8-11/h2-9H,1H3,(H,25,27)(H2,21,22,23,24). The van der Waals surface area contributed by atoms with Crippen LogP contribution in [0.3, 0.4) is 0 Å². The molecule has 0 aliphatic rings. The van der Waals surface area contributed by atoms with E-state index < -0.39 is 16.5 Å². The minimum Gasteiger partial charge on any atom is -0.334 e. The Balaban J connectivity index is 1.85. The quantitative estimate of drug-likeness (QED) is 0.386. The first-order valence-corrected chi connectivity index (χ1v) is 8.95. The molecule has 9 nitrogen and oxygen atoms in total. The van der Waals surface area contributed by atoms with Gasteiger partial charge in [0.1, 0.15) is 6.33 Å². The number of nitrogens with one attached hydrogen (secondary N) is 3. The zero-order chi connectivity index (χ0) is 21.0. The Kier molecular flexibility index (Phi) is 6.10. The molecule has 0 fully saturated rings. The number of amides is 1. The summed E-state index contributed by atoms with van der Waals surface area (Å²) in [6.07, 6.45) is 1.13. The summed E-state index contributed by atoms with van der Waals surface area (Å²) in [6, 6.07) is 11.3. The third kappa shape index (κ3) is 4.89. The summed E-state index contributed by atoms with van der Waals surface area (Å²) < 4.78 is 0. The van der Waals surface area contributed by atoms with Gasteiger partial charge in [0.05, 0.1) is 4.92 Å². The minimum absolute atomic E-state index is 0.0464. The van der Waals surface area contributed by atoms with Crippen molar-refractivity contribution in [1.82, 2.24) is 15.4 Å². The molecule has 1 amide bonds.